The van der Waals surface area contributed by atoms with Crippen LogP contribution in [0.25, 0.3) is 0 Å². The second-order valence-electron chi connectivity index (χ2n) is 7.47. The number of aliphatic hydroxyl groups is 1. The van der Waals surface area contributed by atoms with Gasteiger partial charge in [-0.2, -0.15) is 0 Å². The average Bonchev–Trinajstić information content (AvgIpc) is 2.46. The first-order chi connectivity index (χ1) is 10.3. The largest absolute Gasteiger partial charge is 0.396 e. The van der Waals surface area contributed by atoms with E-state index in [2.05, 4.69) is 10.6 Å². The average molecular weight is 312 g/mol. The lowest BCUT2D eigenvalue weighted by atomic mass is 9.82. The third-order valence-corrected chi connectivity index (χ3v) is 4.41. The molecule has 0 bridgehead atoms. The normalized spacial score (nSPS) is 19.3. The molecule has 22 heavy (non-hydrogen) atoms. The van der Waals surface area contributed by atoms with Crippen LogP contribution in [0.3, 0.4) is 0 Å². The molecule has 1 aliphatic rings. The number of hydrogen-bond donors (Lipinski definition) is 3. The van der Waals surface area contributed by atoms with Crippen molar-refractivity contribution < 1.29 is 14.7 Å². The summed E-state index contributed by atoms with van der Waals surface area (Å²) in [4.78, 5) is 24.3. The molecular formula is C17H32N2O3. The molecule has 5 nitrogen and oxygen atoms in total. The first-order valence-electron chi connectivity index (χ1n) is 8.48. The van der Waals surface area contributed by atoms with Gasteiger partial charge in [0.2, 0.25) is 11.8 Å². The lowest BCUT2D eigenvalue weighted by Crippen LogP contribution is -2.52. The van der Waals surface area contributed by atoms with Gasteiger partial charge in [0.1, 0.15) is 6.04 Å². The molecule has 0 aromatic heterocycles. The van der Waals surface area contributed by atoms with Crippen molar-refractivity contribution in [2.45, 2.75) is 78.3 Å². The van der Waals surface area contributed by atoms with E-state index < -0.39 is 11.5 Å². The van der Waals surface area contributed by atoms with Crippen LogP contribution in [0, 0.1) is 11.3 Å². The molecule has 0 aromatic carbocycles. The topological polar surface area (TPSA) is 78.4 Å². The van der Waals surface area contributed by atoms with Crippen molar-refractivity contribution in [3.05, 3.63) is 0 Å². The van der Waals surface area contributed by atoms with Crippen LogP contribution in [0.15, 0.2) is 0 Å². The monoisotopic (exact) mass is 312 g/mol. The van der Waals surface area contributed by atoms with Crippen LogP contribution in [-0.2, 0) is 9.59 Å². The fraction of sp³-hybridized carbons (Fsp3) is 0.882. The van der Waals surface area contributed by atoms with E-state index in [-0.39, 0.29) is 24.5 Å². The molecule has 2 unspecified atom stereocenters. The summed E-state index contributed by atoms with van der Waals surface area (Å²) >= 11 is 0. The lowest BCUT2D eigenvalue weighted by Gasteiger charge is -2.32. The fourth-order valence-corrected chi connectivity index (χ4v) is 2.89. The quantitative estimate of drug-likeness (QED) is 0.702. The van der Waals surface area contributed by atoms with Crippen LogP contribution in [-0.4, -0.2) is 35.6 Å². The van der Waals surface area contributed by atoms with E-state index in [0.29, 0.717) is 12.3 Å². The first kappa shape index (κ1) is 18.9. The van der Waals surface area contributed by atoms with Crippen LogP contribution in [0.2, 0.25) is 0 Å². The highest BCUT2D eigenvalue weighted by atomic mass is 16.3. The van der Waals surface area contributed by atoms with Crippen LogP contribution in [0.1, 0.15) is 66.2 Å². The van der Waals surface area contributed by atoms with Crippen LogP contribution < -0.4 is 10.6 Å². The maximum atomic E-state index is 12.3. The van der Waals surface area contributed by atoms with Gasteiger partial charge < -0.3 is 15.7 Å². The van der Waals surface area contributed by atoms with Crippen LogP contribution in [0.5, 0.6) is 0 Å². The van der Waals surface area contributed by atoms with E-state index in [1.54, 1.807) is 6.92 Å². The third-order valence-electron chi connectivity index (χ3n) is 4.41. The molecule has 128 valence electrons. The fourth-order valence-electron chi connectivity index (χ4n) is 2.89. The Bertz CT molecular complexity index is 371. The predicted octanol–water partition coefficient (Wildman–Crippen LogP) is 1.98. The second-order valence-corrected chi connectivity index (χ2v) is 7.47. The lowest BCUT2D eigenvalue weighted by molar-refractivity contribution is -0.133. The molecule has 0 spiro atoms. The van der Waals surface area contributed by atoms with Crippen molar-refractivity contribution in [3.63, 3.8) is 0 Å². The highest BCUT2D eigenvalue weighted by Gasteiger charge is 2.28. The molecule has 3 N–H and O–H groups in total. The predicted molar refractivity (Wildman–Crippen MR) is 87.3 cm³/mol. The molecule has 0 aromatic rings. The Morgan fingerprint density at radius 2 is 1.73 bits per heavy atom. The van der Waals surface area contributed by atoms with Gasteiger partial charge in [0.15, 0.2) is 0 Å². The van der Waals surface area contributed by atoms with E-state index >= 15 is 0 Å². The van der Waals surface area contributed by atoms with Crippen molar-refractivity contribution >= 4 is 11.8 Å². The van der Waals surface area contributed by atoms with Crippen molar-refractivity contribution in [2.75, 3.05) is 6.61 Å². The van der Waals surface area contributed by atoms with E-state index in [1.807, 2.05) is 20.8 Å². The molecular weight excluding hydrogens is 280 g/mol. The number of carbonyl (C=O) groups is 2. The van der Waals surface area contributed by atoms with Gasteiger partial charge >= 0.3 is 0 Å². The zero-order valence-corrected chi connectivity index (χ0v) is 14.4. The number of aliphatic hydroxyl groups excluding tert-OH is 1. The maximum absolute atomic E-state index is 12.3. The molecule has 1 saturated carbocycles. The summed E-state index contributed by atoms with van der Waals surface area (Å²) in [5.41, 5.74) is -0.511. The SMILES string of the molecule is CC(NC(=O)C(C)(C)C)C(=O)NC(CCO)C1CCCCC1. The highest BCUT2D eigenvalue weighted by Crippen LogP contribution is 2.27. The highest BCUT2D eigenvalue weighted by molar-refractivity contribution is 5.89. The summed E-state index contributed by atoms with van der Waals surface area (Å²) in [6, 6.07) is -0.553. The van der Waals surface area contributed by atoms with Crippen molar-refractivity contribution in [2.24, 2.45) is 11.3 Å². The molecule has 5 heteroatoms. The van der Waals surface area contributed by atoms with Crippen molar-refractivity contribution in [3.8, 4) is 0 Å². The molecule has 0 saturated heterocycles. The van der Waals surface area contributed by atoms with Gasteiger partial charge in [-0.25, -0.2) is 0 Å². The first-order valence-corrected chi connectivity index (χ1v) is 8.48. The Kier molecular flexibility index (Phi) is 7.33. The zero-order valence-electron chi connectivity index (χ0n) is 14.4. The number of hydrogen-bond acceptors (Lipinski definition) is 3. The molecule has 0 radical (unpaired) electrons. The Balaban J connectivity index is 2.56. The molecule has 2 atom stereocenters. The van der Waals surface area contributed by atoms with E-state index in [1.165, 1.54) is 19.3 Å². The maximum Gasteiger partial charge on any atom is 0.242 e. The summed E-state index contributed by atoms with van der Waals surface area (Å²) in [6.45, 7) is 7.25. The van der Waals surface area contributed by atoms with E-state index in [9.17, 15) is 14.7 Å². The minimum atomic E-state index is -0.559. The van der Waals surface area contributed by atoms with Crippen molar-refractivity contribution in [1.82, 2.24) is 10.6 Å². The molecule has 0 aliphatic heterocycles. The van der Waals surface area contributed by atoms with Crippen LogP contribution >= 0.6 is 0 Å². The number of rotatable bonds is 6. The number of amides is 2. The van der Waals surface area contributed by atoms with Gasteiger partial charge in [0.05, 0.1) is 0 Å². The standard InChI is InChI=1S/C17H32N2O3/c1-12(18-16(22)17(2,3)4)15(21)19-14(10-11-20)13-8-6-5-7-9-13/h12-14,20H,5-11H2,1-4H3,(H,18,22)(H,19,21). The molecule has 2 amide bonds. The van der Waals surface area contributed by atoms with Gasteiger partial charge in [-0.1, -0.05) is 40.0 Å². The van der Waals surface area contributed by atoms with Gasteiger partial charge in [0.25, 0.3) is 0 Å². The number of carbonyl (C=O) groups excluding carboxylic acids is 2. The number of nitrogens with one attached hydrogen (secondary N) is 2. The smallest absolute Gasteiger partial charge is 0.242 e. The minimum absolute atomic E-state index is 0.00629. The van der Waals surface area contributed by atoms with E-state index in [4.69, 9.17) is 0 Å². The molecule has 1 rings (SSSR count). The Morgan fingerprint density at radius 1 is 1.14 bits per heavy atom. The third kappa shape index (κ3) is 5.95. The minimum Gasteiger partial charge on any atom is -0.396 e. The molecule has 1 aliphatic carbocycles. The summed E-state index contributed by atoms with van der Waals surface area (Å²) in [5, 5.41) is 15.0. The molecule has 1 fully saturated rings. The van der Waals surface area contributed by atoms with Gasteiger partial charge in [0, 0.05) is 18.1 Å². The Labute approximate surface area is 134 Å². The molecule has 0 heterocycles. The van der Waals surface area contributed by atoms with Gasteiger partial charge in [-0.05, 0) is 32.1 Å². The van der Waals surface area contributed by atoms with Crippen molar-refractivity contribution in [1.29, 1.82) is 0 Å². The van der Waals surface area contributed by atoms with Gasteiger partial charge in [-0.15, -0.1) is 0 Å². The zero-order chi connectivity index (χ0) is 16.8. The Hall–Kier alpha value is -1.10. The van der Waals surface area contributed by atoms with E-state index in [0.717, 1.165) is 12.8 Å². The second kappa shape index (κ2) is 8.51. The Morgan fingerprint density at radius 3 is 2.23 bits per heavy atom. The van der Waals surface area contributed by atoms with Crippen LogP contribution in [0.4, 0.5) is 0 Å². The summed E-state index contributed by atoms with van der Waals surface area (Å²) in [6.07, 6.45) is 6.43. The summed E-state index contributed by atoms with van der Waals surface area (Å²) in [7, 11) is 0. The van der Waals surface area contributed by atoms with Gasteiger partial charge in [-0.3, -0.25) is 9.59 Å². The summed E-state index contributed by atoms with van der Waals surface area (Å²) < 4.78 is 0. The summed E-state index contributed by atoms with van der Waals surface area (Å²) in [5.74, 6) is 0.142.